The highest BCUT2D eigenvalue weighted by Gasteiger charge is 2.25. The molecule has 0 spiro atoms. The highest BCUT2D eigenvalue weighted by atomic mass is 16.5. The minimum atomic E-state index is -0.600. The molecule has 0 saturated heterocycles. The first kappa shape index (κ1) is 14.1. The smallest absolute Gasteiger partial charge is 0.124 e. The van der Waals surface area contributed by atoms with E-state index in [0.29, 0.717) is 18.8 Å². The third kappa shape index (κ3) is 2.94. The third-order valence-corrected chi connectivity index (χ3v) is 4.03. The summed E-state index contributed by atoms with van der Waals surface area (Å²) in [6.45, 7) is 0.709. The molecule has 2 aromatic carbocycles. The van der Waals surface area contributed by atoms with Crippen molar-refractivity contribution in [3.05, 3.63) is 65.2 Å². The molecule has 1 aliphatic rings. The molecular formula is C18H20O3. The standard InChI is InChI=1S/C18H20O3/c1-20-17-9-5-4-8-15(17)16(19)12-18-14-7-3-2-6-13(14)10-11-21-18/h2-9,16,18-19H,10-12H2,1H3. The van der Waals surface area contributed by atoms with E-state index in [0.717, 1.165) is 12.0 Å². The number of para-hydroxylation sites is 1. The Labute approximate surface area is 125 Å². The van der Waals surface area contributed by atoms with E-state index in [1.165, 1.54) is 11.1 Å². The van der Waals surface area contributed by atoms with Crippen LogP contribution in [0.1, 0.15) is 35.3 Å². The summed E-state index contributed by atoms with van der Waals surface area (Å²) in [6.07, 6.45) is 0.821. The molecule has 2 atom stereocenters. The van der Waals surface area contributed by atoms with E-state index >= 15 is 0 Å². The Hall–Kier alpha value is -1.84. The maximum absolute atomic E-state index is 10.6. The molecule has 1 heterocycles. The van der Waals surface area contributed by atoms with Crippen LogP contribution in [0.3, 0.4) is 0 Å². The molecule has 2 aromatic rings. The van der Waals surface area contributed by atoms with Crippen molar-refractivity contribution in [2.75, 3.05) is 13.7 Å². The van der Waals surface area contributed by atoms with Gasteiger partial charge < -0.3 is 14.6 Å². The SMILES string of the molecule is COc1ccccc1C(O)CC1OCCc2ccccc21. The van der Waals surface area contributed by atoms with Crippen LogP contribution in [0.4, 0.5) is 0 Å². The van der Waals surface area contributed by atoms with E-state index in [1.807, 2.05) is 30.3 Å². The number of rotatable bonds is 4. The maximum atomic E-state index is 10.6. The summed E-state index contributed by atoms with van der Waals surface area (Å²) in [7, 11) is 1.62. The lowest BCUT2D eigenvalue weighted by atomic mass is 9.92. The molecule has 1 aliphatic heterocycles. The van der Waals surface area contributed by atoms with Crippen molar-refractivity contribution in [1.82, 2.24) is 0 Å². The quantitative estimate of drug-likeness (QED) is 0.934. The predicted octanol–water partition coefficient (Wildman–Crippen LogP) is 3.43. The van der Waals surface area contributed by atoms with Gasteiger partial charge in [0.25, 0.3) is 0 Å². The molecular weight excluding hydrogens is 264 g/mol. The molecule has 1 N–H and O–H groups in total. The molecule has 0 radical (unpaired) electrons. The molecule has 0 saturated carbocycles. The topological polar surface area (TPSA) is 38.7 Å². The third-order valence-electron chi connectivity index (χ3n) is 4.03. The van der Waals surface area contributed by atoms with Gasteiger partial charge in [-0.05, 0) is 23.6 Å². The number of aliphatic hydroxyl groups is 1. The van der Waals surface area contributed by atoms with Crippen molar-refractivity contribution in [1.29, 1.82) is 0 Å². The first-order valence-corrected chi connectivity index (χ1v) is 7.30. The van der Waals surface area contributed by atoms with E-state index in [4.69, 9.17) is 9.47 Å². The van der Waals surface area contributed by atoms with E-state index in [-0.39, 0.29) is 6.10 Å². The Balaban J connectivity index is 1.81. The molecule has 3 heteroatoms. The van der Waals surface area contributed by atoms with Gasteiger partial charge in [0.2, 0.25) is 0 Å². The van der Waals surface area contributed by atoms with Gasteiger partial charge in [-0.3, -0.25) is 0 Å². The van der Waals surface area contributed by atoms with E-state index < -0.39 is 6.10 Å². The lowest BCUT2D eigenvalue weighted by molar-refractivity contribution is 0.00331. The number of hydrogen-bond donors (Lipinski definition) is 1. The number of benzene rings is 2. The van der Waals surface area contributed by atoms with E-state index in [1.54, 1.807) is 7.11 Å². The van der Waals surface area contributed by atoms with Crippen LogP contribution < -0.4 is 4.74 Å². The van der Waals surface area contributed by atoms with Crippen LogP contribution in [-0.2, 0) is 11.2 Å². The Kier molecular flexibility index (Phi) is 4.23. The van der Waals surface area contributed by atoms with Crippen molar-refractivity contribution in [2.45, 2.75) is 25.0 Å². The number of hydrogen-bond acceptors (Lipinski definition) is 3. The van der Waals surface area contributed by atoms with E-state index in [9.17, 15) is 5.11 Å². The summed E-state index contributed by atoms with van der Waals surface area (Å²) in [5, 5.41) is 10.6. The van der Waals surface area contributed by atoms with Crippen LogP contribution in [0.5, 0.6) is 5.75 Å². The molecule has 0 fully saturated rings. The first-order chi connectivity index (χ1) is 10.3. The minimum Gasteiger partial charge on any atom is -0.496 e. The van der Waals surface area contributed by atoms with Gasteiger partial charge in [0, 0.05) is 12.0 Å². The fourth-order valence-electron chi connectivity index (χ4n) is 2.94. The fraction of sp³-hybridized carbons (Fsp3) is 0.333. The zero-order valence-corrected chi connectivity index (χ0v) is 12.2. The lowest BCUT2D eigenvalue weighted by Crippen LogP contribution is -2.18. The predicted molar refractivity (Wildman–Crippen MR) is 81.4 cm³/mol. The second-order valence-electron chi connectivity index (χ2n) is 5.30. The molecule has 21 heavy (non-hydrogen) atoms. The fourth-order valence-corrected chi connectivity index (χ4v) is 2.94. The van der Waals surface area contributed by atoms with Gasteiger partial charge in [0.05, 0.1) is 25.9 Å². The second-order valence-corrected chi connectivity index (χ2v) is 5.30. The van der Waals surface area contributed by atoms with Crippen molar-refractivity contribution in [2.24, 2.45) is 0 Å². The molecule has 0 bridgehead atoms. The summed E-state index contributed by atoms with van der Waals surface area (Å²) < 4.78 is 11.2. The monoisotopic (exact) mass is 284 g/mol. The van der Waals surface area contributed by atoms with Crippen molar-refractivity contribution in [3.8, 4) is 5.75 Å². The maximum Gasteiger partial charge on any atom is 0.124 e. The van der Waals surface area contributed by atoms with Crippen LogP contribution in [-0.4, -0.2) is 18.8 Å². The summed E-state index contributed by atoms with van der Waals surface area (Å²) in [5.41, 5.74) is 3.32. The Morgan fingerprint density at radius 3 is 2.81 bits per heavy atom. The molecule has 0 aromatic heterocycles. The average Bonchev–Trinajstić information content (AvgIpc) is 2.55. The van der Waals surface area contributed by atoms with Gasteiger partial charge in [-0.15, -0.1) is 0 Å². The van der Waals surface area contributed by atoms with Gasteiger partial charge in [-0.25, -0.2) is 0 Å². The Morgan fingerprint density at radius 2 is 1.95 bits per heavy atom. The molecule has 0 aliphatic carbocycles. The van der Waals surface area contributed by atoms with Crippen molar-refractivity contribution < 1.29 is 14.6 Å². The van der Waals surface area contributed by atoms with Crippen LogP contribution in [0.25, 0.3) is 0 Å². The summed E-state index contributed by atoms with van der Waals surface area (Å²) in [5.74, 6) is 0.717. The largest absolute Gasteiger partial charge is 0.496 e. The molecule has 3 nitrogen and oxygen atoms in total. The van der Waals surface area contributed by atoms with Gasteiger partial charge in [-0.2, -0.15) is 0 Å². The minimum absolute atomic E-state index is 0.0603. The zero-order chi connectivity index (χ0) is 14.7. The van der Waals surface area contributed by atoms with Crippen molar-refractivity contribution >= 4 is 0 Å². The molecule has 0 amide bonds. The van der Waals surface area contributed by atoms with Gasteiger partial charge >= 0.3 is 0 Å². The highest BCUT2D eigenvalue weighted by molar-refractivity contribution is 5.36. The summed E-state index contributed by atoms with van der Waals surface area (Å²) in [6, 6.07) is 15.9. The first-order valence-electron chi connectivity index (χ1n) is 7.30. The normalized spacial score (nSPS) is 18.9. The van der Waals surface area contributed by atoms with Gasteiger partial charge in [0.1, 0.15) is 5.75 Å². The molecule has 110 valence electrons. The van der Waals surface area contributed by atoms with Crippen LogP contribution >= 0.6 is 0 Å². The Bertz CT molecular complexity index is 609. The molecule has 3 rings (SSSR count). The summed E-state index contributed by atoms with van der Waals surface area (Å²) >= 11 is 0. The zero-order valence-electron chi connectivity index (χ0n) is 12.2. The summed E-state index contributed by atoms with van der Waals surface area (Å²) in [4.78, 5) is 0. The van der Waals surface area contributed by atoms with Gasteiger partial charge in [0.15, 0.2) is 0 Å². The van der Waals surface area contributed by atoms with Crippen LogP contribution in [0.2, 0.25) is 0 Å². The van der Waals surface area contributed by atoms with Crippen LogP contribution in [0.15, 0.2) is 48.5 Å². The van der Waals surface area contributed by atoms with Crippen LogP contribution in [0, 0.1) is 0 Å². The molecule has 2 unspecified atom stereocenters. The Morgan fingerprint density at radius 1 is 1.19 bits per heavy atom. The second kappa shape index (κ2) is 6.29. The number of aliphatic hydroxyl groups excluding tert-OH is 1. The number of methoxy groups -OCH3 is 1. The van der Waals surface area contributed by atoms with Crippen molar-refractivity contribution in [3.63, 3.8) is 0 Å². The van der Waals surface area contributed by atoms with Gasteiger partial charge in [-0.1, -0.05) is 42.5 Å². The lowest BCUT2D eigenvalue weighted by Gasteiger charge is -2.28. The number of fused-ring (bicyclic) bond motifs is 1. The average molecular weight is 284 g/mol. The number of ether oxygens (including phenoxy) is 2. The van der Waals surface area contributed by atoms with E-state index in [2.05, 4.69) is 18.2 Å². The highest BCUT2D eigenvalue weighted by Crippen LogP contribution is 2.36.